The van der Waals surface area contributed by atoms with Crippen molar-refractivity contribution in [2.75, 3.05) is 5.32 Å². The minimum absolute atomic E-state index is 0.0122. The molecule has 5 nitrogen and oxygen atoms in total. The predicted molar refractivity (Wildman–Crippen MR) is 99.2 cm³/mol. The maximum Gasteiger partial charge on any atom is 0.322 e. The molecule has 132 valence electrons. The van der Waals surface area contributed by atoms with Crippen molar-refractivity contribution in [3.63, 3.8) is 0 Å². The van der Waals surface area contributed by atoms with Crippen molar-refractivity contribution < 1.29 is 14.3 Å². The third-order valence-corrected chi connectivity index (χ3v) is 3.73. The number of rotatable bonds is 6. The topological polar surface area (TPSA) is 67.4 Å². The molecule has 1 atom stereocenters. The number of ether oxygens (including phenoxy) is 1. The van der Waals surface area contributed by atoms with Crippen LogP contribution in [0.3, 0.4) is 0 Å². The summed E-state index contributed by atoms with van der Waals surface area (Å²) in [4.78, 5) is 23.3. The van der Waals surface area contributed by atoms with Crippen molar-refractivity contribution in [1.29, 1.82) is 0 Å². The number of carbonyl (C=O) groups excluding carboxylic acids is 2. The monoisotopic (exact) mass is 340 g/mol. The minimum atomic E-state index is -0.489. The minimum Gasteiger partial charge on any atom is -0.471 e. The fourth-order valence-electron chi connectivity index (χ4n) is 2.42. The van der Waals surface area contributed by atoms with Crippen LogP contribution in [-0.4, -0.2) is 18.0 Å². The van der Waals surface area contributed by atoms with Crippen LogP contribution in [0, 0.1) is 0 Å². The molecule has 0 aliphatic carbocycles. The van der Waals surface area contributed by atoms with Gasteiger partial charge in [-0.15, -0.1) is 0 Å². The lowest BCUT2D eigenvalue weighted by Gasteiger charge is -2.20. The second kappa shape index (κ2) is 8.33. The number of para-hydroxylation sites is 1. The second-order valence-electron chi connectivity index (χ2n) is 6.18. The molecule has 0 heterocycles. The van der Waals surface area contributed by atoms with Gasteiger partial charge in [0.2, 0.25) is 0 Å². The average Bonchev–Trinajstić information content (AvgIpc) is 2.55. The number of amides is 2. The Bertz CT molecular complexity index is 739. The molecule has 2 aromatic rings. The number of ketones is 1. The van der Waals surface area contributed by atoms with Crippen molar-refractivity contribution in [1.82, 2.24) is 5.32 Å². The molecule has 0 aromatic heterocycles. The standard InChI is InChI=1S/C20H24N2O3/c1-13(2)18-7-5-6-8-19(18)25-15(4)21-20(24)22-17-11-9-16(10-12-17)14(3)23/h5-13,15H,1-4H3,(H2,21,22,24). The highest BCUT2D eigenvalue weighted by Gasteiger charge is 2.12. The summed E-state index contributed by atoms with van der Waals surface area (Å²) in [5, 5.41) is 5.46. The van der Waals surface area contributed by atoms with Gasteiger partial charge in [0.05, 0.1) is 0 Å². The zero-order valence-corrected chi connectivity index (χ0v) is 15.0. The summed E-state index contributed by atoms with van der Waals surface area (Å²) in [5.74, 6) is 1.08. The molecule has 2 amide bonds. The fourth-order valence-corrected chi connectivity index (χ4v) is 2.42. The van der Waals surface area contributed by atoms with Gasteiger partial charge >= 0.3 is 6.03 Å². The molecule has 2 aromatic carbocycles. The Kier molecular flexibility index (Phi) is 6.17. The molecule has 0 saturated heterocycles. The van der Waals surface area contributed by atoms with Crippen LogP contribution in [-0.2, 0) is 0 Å². The van der Waals surface area contributed by atoms with Crippen molar-refractivity contribution in [2.24, 2.45) is 0 Å². The molecular weight excluding hydrogens is 316 g/mol. The normalized spacial score (nSPS) is 11.7. The van der Waals surface area contributed by atoms with E-state index in [0.29, 0.717) is 17.2 Å². The van der Waals surface area contributed by atoms with E-state index < -0.39 is 6.23 Å². The van der Waals surface area contributed by atoms with Gasteiger partial charge in [-0.1, -0.05) is 32.0 Å². The Labute approximate surface area is 148 Å². The zero-order valence-electron chi connectivity index (χ0n) is 15.0. The maximum atomic E-state index is 12.1. The van der Waals surface area contributed by atoms with Crippen molar-refractivity contribution in [3.8, 4) is 5.75 Å². The second-order valence-corrected chi connectivity index (χ2v) is 6.18. The first-order chi connectivity index (χ1) is 11.9. The first kappa shape index (κ1) is 18.5. The molecule has 5 heteroatoms. The molecule has 0 bridgehead atoms. The number of Topliss-reactive ketones (excluding diaryl/α,β-unsaturated/α-hetero) is 1. The van der Waals surface area contributed by atoms with E-state index in [0.717, 1.165) is 11.3 Å². The predicted octanol–water partition coefficient (Wildman–Crippen LogP) is 4.56. The lowest BCUT2D eigenvalue weighted by atomic mass is 10.0. The molecule has 1 unspecified atom stereocenters. The quantitative estimate of drug-likeness (QED) is 0.598. The molecule has 2 rings (SSSR count). The van der Waals surface area contributed by atoms with Gasteiger partial charge in [0.15, 0.2) is 12.0 Å². The first-order valence-corrected chi connectivity index (χ1v) is 8.31. The highest BCUT2D eigenvalue weighted by atomic mass is 16.5. The van der Waals surface area contributed by atoms with Crippen LogP contribution in [0.5, 0.6) is 5.75 Å². The van der Waals surface area contributed by atoms with Gasteiger partial charge in [-0.2, -0.15) is 0 Å². The highest BCUT2D eigenvalue weighted by molar-refractivity contribution is 5.95. The van der Waals surface area contributed by atoms with Crippen molar-refractivity contribution in [3.05, 3.63) is 59.7 Å². The largest absolute Gasteiger partial charge is 0.471 e. The summed E-state index contributed by atoms with van der Waals surface area (Å²) < 4.78 is 5.85. The smallest absolute Gasteiger partial charge is 0.322 e. The molecule has 0 saturated carbocycles. The Hall–Kier alpha value is -2.82. The number of nitrogens with one attached hydrogen (secondary N) is 2. The van der Waals surface area contributed by atoms with E-state index in [2.05, 4.69) is 24.5 Å². The lowest BCUT2D eigenvalue weighted by molar-refractivity contribution is 0.101. The lowest BCUT2D eigenvalue weighted by Crippen LogP contribution is -2.39. The average molecular weight is 340 g/mol. The summed E-state index contributed by atoms with van der Waals surface area (Å²) in [7, 11) is 0. The van der Waals surface area contributed by atoms with Crippen LogP contribution in [0.1, 0.15) is 49.5 Å². The zero-order chi connectivity index (χ0) is 18.4. The maximum absolute atomic E-state index is 12.1. The van der Waals surface area contributed by atoms with Gasteiger partial charge in [0, 0.05) is 11.3 Å². The molecule has 0 aliphatic rings. The Morgan fingerprint density at radius 1 is 0.960 bits per heavy atom. The fraction of sp³-hybridized carbons (Fsp3) is 0.300. The van der Waals surface area contributed by atoms with Crippen LogP contribution < -0.4 is 15.4 Å². The van der Waals surface area contributed by atoms with E-state index in [9.17, 15) is 9.59 Å². The van der Waals surface area contributed by atoms with Crippen LogP contribution in [0.25, 0.3) is 0 Å². The highest BCUT2D eigenvalue weighted by Crippen LogP contribution is 2.26. The van der Waals surface area contributed by atoms with E-state index >= 15 is 0 Å². The van der Waals surface area contributed by atoms with Crippen LogP contribution in [0.4, 0.5) is 10.5 Å². The number of urea groups is 1. The van der Waals surface area contributed by atoms with Gasteiger partial charge in [0.25, 0.3) is 0 Å². The Morgan fingerprint density at radius 2 is 1.60 bits per heavy atom. The number of hydrogen-bond acceptors (Lipinski definition) is 3. The summed E-state index contributed by atoms with van der Waals surface area (Å²) >= 11 is 0. The summed E-state index contributed by atoms with van der Waals surface area (Å²) in [6.45, 7) is 7.47. The number of benzene rings is 2. The number of anilines is 1. The molecule has 2 N–H and O–H groups in total. The van der Waals surface area contributed by atoms with Gasteiger partial charge in [-0.25, -0.2) is 4.79 Å². The molecule has 0 fully saturated rings. The van der Waals surface area contributed by atoms with Gasteiger partial charge in [-0.05, 0) is 55.7 Å². The van der Waals surface area contributed by atoms with E-state index in [-0.39, 0.29) is 11.8 Å². The molecule has 0 spiro atoms. The van der Waals surface area contributed by atoms with Gasteiger partial charge in [0.1, 0.15) is 5.75 Å². The van der Waals surface area contributed by atoms with Crippen LogP contribution in [0.2, 0.25) is 0 Å². The van der Waals surface area contributed by atoms with Crippen molar-refractivity contribution >= 4 is 17.5 Å². The molecule has 0 aliphatic heterocycles. The Balaban J connectivity index is 1.93. The van der Waals surface area contributed by atoms with Crippen molar-refractivity contribution in [2.45, 2.75) is 39.8 Å². The van der Waals surface area contributed by atoms with E-state index in [1.165, 1.54) is 6.92 Å². The van der Waals surface area contributed by atoms with E-state index in [4.69, 9.17) is 4.74 Å². The van der Waals surface area contributed by atoms with E-state index in [1.54, 1.807) is 31.2 Å². The number of carbonyl (C=O) groups is 2. The van der Waals surface area contributed by atoms with Gasteiger partial charge in [-0.3, -0.25) is 4.79 Å². The van der Waals surface area contributed by atoms with E-state index in [1.807, 2.05) is 24.3 Å². The third-order valence-electron chi connectivity index (χ3n) is 3.73. The van der Waals surface area contributed by atoms with Crippen LogP contribution in [0.15, 0.2) is 48.5 Å². The summed E-state index contributed by atoms with van der Waals surface area (Å²) in [6, 6.07) is 14.2. The van der Waals surface area contributed by atoms with Crippen LogP contribution >= 0.6 is 0 Å². The Morgan fingerprint density at radius 3 is 2.20 bits per heavy atom. The summed E-state index contributed by atoms with van der Waals surface area (Å²) in [5.41, 5.74) is 2.31. The molecule has 25 heavy (non-hydrogen) atoms. The summed E-state index contributed by atoms with van der Waals surface area (Å²) in [6.07, 6.45) is -0.489. The third kappa shape index (κ3) is 5.35. The first-order valence-electron chi connectivity index (χ1n) is 8.31. The SMILES string of the molecule is CC(=O)c1ccc(NC(=O)NC(C)Oc2ccccc2C(C)C)cc1. The number of hydrogen-bond donors (Lipinski definition) is 2. The molecular formula is C20H24N2O3. The molecule has 0 radical (unpaired) electrons. The van der Waals surface area contributed by atoms with Gasteiger partial charge < -0.3 is 15.4 Å².